The number of nitrogens with zero attached hydrogens (tertiary/aromatic N) is 2. The van der Waals surface area contributed by atoms with Crippen LogP contribution in [0.5, 0.6) is 5.88 Å². The average Bonchev–Trinajstić information content (AvgIpc) is 2.45. The topological polar surface area (TPSA) is 47.0 Å². The fraction of sp³-hybridized carbons (Fsp3) is 0.286. The smallest absolute Gasteiger partial charge is 0.416 e. The molecule has 0 atom stereocenters. The zero-order valence-corrected chi connectivity index (χ0v) is 11.3. The first-order valence-electron chi connectivity index (χ1n) is 6.35. The molecule has 2 rings (SSSR count). The van der Waals surface area contributed by atoms with Crippen LogP contribution in [0.25, 0.3) is 0 Å². The van der Waals surface area contributed by atoms with Crippen molar-refractivity contribution in [2.24, 2.45) is 0 Å². The van der Waals surface area contributed by atoms with Gasteiger partial charge in [-0.2, -0.15) is 18.2 Å². The van der Waals surface area contributed by atoms with Gasteiger partial charge >= 0.3 is 6.18 Å². The monoisotopic (exact) mass is 297 g/mol. The Hall–Kier alpha value is -2.31. The van der Waals surface area contributed by atoms with E-state index in [1.54, 1.807) is 12.1 Å². The Kier molecular flexibility index (Phi) is 4.62. The molecule has 21 heavy (non-hydrogen) atoms. The summed E-state index contributed by atoms with van der Waals surface area (Å²) in [6.45, 7) is 2.50. The Morgan fingerprint density at radius 3 is 2.76 bits per heavy atom. The van der Waals surface area contributed by atoms with Gasteiger partial charge in [-0.1, -0.05) is 12.1 Å². The van der Waals surface area contributed by atoms with E-state index < -0.39 is 11.7 Å². The van der Waals surface area contributed by atoms with Crippen molar-refractivity contribution >= 4 is 5.95 Å². The molecule has 4 nitrogen and oxygen atoms in total. The van der Waals surface area contributed by atoms with Crippen molar-refractivity contribution in [3.05, 3.63) is 47.7 Å². The van der Waals surface area contributed by atoms with E-state index in [-0.39, 0.29) is 6.54 Å². The maximum atomic E-state index is 12.6. The molecule has 7 heteroatoms. The van der Waals surface area contributed by atoms with Crippen LogP contribution in [0.15, 0.2) is 36.5 Å². The van der Waals surface area contributed by atoms with Crippen LogP contribution in [-0.2, 0) is 12.7 Å². The largest absolute Gasteiger partial charge is 0.478 e. The number of rotatable bonds is 5. The van der Waals surface area contributed by atoms with Crippen molar-refractivity contribution < 1.29 is 17.9 Å². The summed E-state index contributed by atoms with van der Waals surface area (Å²) in [7, 11) is 0. The van der Waals surface area contributed by atoms with E-state index in [2.05, 4.69) is 15.3 Å². The van der Waals surface area contributed by atoms with E-state index in [4.69, 9.17) is 4.74 Å². The third-order valence-electron chi connectivity index (χ3n) is 2.63. The minimum Gasteiger partial charge on any atom is -0.478 e. The molecular formula is C14H14F3N3O. The molecular weight excluding hydrogens is 283 g/mol. The van der Waals surface area contributed by atoms with Gasteiger partial charge in [-0.05, 0) is 24.6 Å². The minimum absolute atomic E-state index is 0.194. The number of anilines is 1. The first-order valence-corrected chi connectivity index (χ1v) is 6.35. The third kappa shape index (κ3) is 4.34. The van der Waals surface area contributed by atoms with Gasteiger partial charge in [-0.15, -0.1) is 0 Å². The van der Waals surface area contributed by atoms with Crippen LogP contribution in [-0.4, -0.2) is 16.6 Å². The molecule has 0 bridgehead atoms. The van der Waals surface area contributed by atoms with Gasteiger partial charge in [0.1, 0.15) is 0 Å². The summed E-state index contributed by atoms with van der Waals surface area (Å²) in [5, 5.41) is 2.87. The SMILES string of the molecule is CCOc1ccnc(NCc2cccc(C(F)(F)F)c2)n1. The standard InChI is InChI=1S/C14H14F3N3O/c1-2-21-12-6-7-18-13(20-12)19-9-10-4-3-5-11(8-10)14(15,16)17/h3-8H,2,9H2,1H3,(H,18,19,20). The Morgan fingerprint density at radius 2 is 2.05 bits per heavy atom. The highest BCUT2D eigenvalue weighted by Gasteiger charge is 2.30. The van der Waals surface area contributed by atoms with Gasteiger partial charge in [0, 0.05) is 18.8 Å². The Bertz CT molecular complexity index is 602. The Morgan fingerprint density at radius 1 is 1.24 bits per heavy atom. The predicted octanol–water partition coefficient (Wildman–Crippen LogP) is 3.51. The van der Waals surface area contributed by atoms with E-state index in [0.717, 1.165) is 12.1 Å². The maximum absolute atomic E-state index is 12.6. The number of halogens is 3. The molecule has 1 N–H and O–H groups in total. The lowest BCUT2D eigenvalue weighted by molar-refractivity contribution is -0.137. The van der Waals surface area contributed by atoms with Crippen LogP contribution in [0, 0.1) is 0 Å². The summed E-state index contributed by atoms with van der Waals surface area (Å²) >= 11 is 0. The highest BCUT2D eigenvalue weighted by atomic mass is 19.4. The average molecular weight is 297 g/mol. The van der Waals surface area contributed by atoms with Crippen molar-refractivity contribution in [3.63, 3.8) is 0 Å². The van der Waals surface area contributed by atoms with Crippen molar-refractivity contribution in [3.8, 4) is 5.88 Å². The van der Waals surface area contributed by atoms with Gasteiger partial charge in [-0.3, -0.25) is 0 Å². The zero-order chi connectivity index (χ0) is 15.3. The lowest BCUT2D eigenvalue weighted by atomic mass is 10.1. The first kappa shape index (κ1) is 15.1. The predicted molar refractivity (Wildman–Crippen MR) is 72.0 cm³/mol. The normalized spacial score (nSPS) is 11.2. The van der Waals surface area contributed by atoms with Gasteiger partial charge in [-0.25, -0.2) is 4.98 Å². The molecule has 1 heterocycles. The number of benzene rings is 1. The molecule has 0 fully saturated rings. The van der Waals surface area contributed by atoms with Gasteiger partial charge in [0.05, 0.1) is 12.2 Å². The summed E-state index contributed by atoms with van der Waals surface area (Å²) in [4.78, 5) is 8.07. The van der Waals surface area contributed by atoms with Crippen LogP contribution >= 0.6 is 0 Å². The molecule has 1 aromatic carbocycles. The van der Waals surface area contributed by atoms with E-state index in [9.17, 15) is 13.2 Å². The molecule has 0 aliphatic rings. The second kappa shape index (κ2) is 6.43. The molecule has 0 saturated heterocycles. The number of aromatic nitrogens is 2. The first-order chi connectivity index (χ1) is 9.99. The van der Waals surface area contributed by atoms with Crippen LogP contribution < -0.4 is 10.1 Å². The maximum Gasteiger partial charge on any atom is 0.416 e. The molecule has 0 saturated carbocycles. The van der Waals surface area contributed by atoms with E-state index >= 15 is 0 Å². The number of ether oxygens (including phenoxy) is 1. The quantitative estimate of drug-likeness (QED) is 0.917. The molecule has 0 spiro atoms. The number of hydrogen-bond acceptors (Lipinski definition) is 4. The second-order valence-electron chi connectivity index (χ2n) is 4.20. The van der Waals surface area contributed by atoms with Gasteiger partial charge < -0.3 is 10.1 Å². The number of alkyl halides is 3. The molecule has 0 amide bonds. The van der Waals surface area contributed by atoms with Gasteiger partial charge in [0.2, 0.25) is 11.8 Å². The highest BCUT2D eigenvalue weighted by Crippen LogP contribution is 2.29. The van der Waals surface area contributed by atoms with E-state index in [0.29, 0.717) is 24.0 Å². The molecule has 1 aromatic heterocycles. The molecule has 112 valence electrons. The molecule has 0 aliphatic carbocycles. The van der Waals surface area contributed by atoms with Gasteiger partial charge in [0.25, 0.3) is 0 Å². The number of nitrogens with one attached hydrogen (secondary N) is 1. The lowest BCUT2D eigenvalue weighted by Crippen LogP contribution is -2.08. The molecule has 0 aliphatic heterocycles. The fourth-order valence-electron chi connectivity index (χ4n) is 1.69. The zero-order valence-electron chi connectivity index (χ0n) is 11.3. The summed E-state index contributed by atoms with van der Waals surface area (Å²) in [5.74, 6) is 0.720. The van der Waals surface area contributed by atoms with Gasteiger partial charge in [0.15, 0.2) is 0 Å². The van der Waals surface area contributed by atoms with Crippen molar-refractivity contribution in [2.45, 2.75) is 19.6 Å². The van der Waals surface area contributed by atoms with Crippen LogP contribution in [0.1, 0.15) is 18.1 Å². The van der Waals surface area contributed by atoms with Crippen molar-refractivity contribution in [1.29, 1.82) is 0 Å². The van der Waals surface area contributed by atoms with Crippen LogP contribution in [0.3, 0.4) is 0 Å². The summed E-state index contributed by atoms with van der Waals surface area (Å²) in [6, 6.07) is 6.72. The molecule has 2 aromatic rings. The Labute approximate surface area is 120 Å². The lowest BCUT2D eigenvalue weighted by Gasteiger charge is -2.10. The minimum atomic E-state index is -4.35. The summed E-state index contributed by atoms with van der Waals surface area (Å²) < 4.78 is 43.0. The summed E-state index contributed by atoms with van der Waals surface area (Å²) in [5.41, 5.74) is -0.180. The summed E-state index contributed by atoms with van der Waals surface area (Å²) in [6.07, 6.45) is -2.83. The van der Waals surface area contributed by atoms with Crippen LogP contribution in [0.4, 0.5) is 19.1 Å². The molecule has 0 unspecified atom stereocenters. The highest BCUT2D eigenvalue weighted by molar-refractivity contribution is 5.32. The van der Waals surface area contributed by atoms with E-state index in [1.165, 1.54) is 12.3 Å². The van der Waals surface area contributed by atoms with Crippen LogP contribution in [0.2, 0.25) is 0 Å². The second-order valence-corrected chi connectivity index (χ2v) is 4.20. The molecule has 0 radical (unpaired) electrons. The third-order valence-corrected chi connectivity index (χ3v) is 2.63. The van der Waals surface area contributed by atoms with E-state index in [1.807, 2.05) is 6.92 Å². The van der Waals surface area contributed by atoms with Crippen molar-refractivity contribution in [2.75, 3.05) is 11.9 Å². The van der Waals surface area contributed by atoms with Crippen molar-refractivity contribution in [1.82, 2.24) is 9.97 Å². The number of hydrogen-bond donors (Lipinski definition) is 1. The Balaban J connectivity index is 2.04. The fourth-order valence-corrected chi connectivity index (χ4v) is 1.69.